The van der Waals surface area contributed by atoms with Crippen LogP contribution in [-0.2, 0) is 0 Å². The monoisotopic (exact) mass is 348 g/mol. The first-order chi connectivity index (χ1) is 11.3. The Morgan fingerprint density at radius 3 is 1.65 bits per heavy atom. The van der Waals surface area contributed by atoms with Crippen LogP contribution in [0.2, 0.25) is 0 Å². The third-order valence-electron chi connectivity index (χ3n) is 3.00. The van der Waals surface area contributed by atoms with Crippen molar-refractivity contribution >= 4 is 23.5 Å². The fourth-order valence-electron chi connectivity index (χ4n) is 1.70. The molecule has 2 aromatic carbocycles. The van der Waals surface area contributed by atoms with Crippen LogP contribution in [-0.4, -0.2) is 24.6 Å². The SMILES string of the molecule is Cc1ccc(SCCCN)cc1.NCCCSc1ccccc1. The number of hydrogen-bond acceptors (Lipinski definition) is 4. The van der Waals surface area contributed by atoms with Gasteiger partial charge in [0.2, 0.25) is 0 Å². The van der Waals surface area contributed by atoms with E-state index in [1.54, 1.807) is 0 Å². The van der Waals surface area contributed by atoms with E-state index in [4.69, 9.17) is 11.5 Å². The molecule has 0 bridgehead atoms. The minimum absolute atomic E-state index is 0.791. The van der Waals surface area contributed by atoms with Gasteiger partial charge in [0.1, 0.15) is 0 Å². The lowest BCUT2D eigenvalue weighted by Gasteiger charge is -2.00. The molecule has 4 N–H and O–H groups in total. The summed E-state index contributed by atoms with van der Waals surface area (Å²) >= 11 is 3.74. The lowest BCUT2D eigenvalue weighted by atomic mass is 10.2. The van der Waals surface area contributed by atoms with Crippen molar-refractivity contribution in [3.8, 4) is 0 Å². The van der Waals surface area contributed by atoms with Crippen LogP contribution >= 0.6 is 23.5 Å². The van der Waals surface area contributed by atoms with Gasteiger partial charge in [0.15, 0.2) is 0 Å². The molecule has 0 atom stereocenters. The van der Waals surface area contributed by atoms with Crippen molar-refractivity contribution in [1.82, 2.24) is 0 Å². The minimum atomic E-state index is 0.791. The number of rotatable bonds is 8. The highest BCUT2D eigenvalue weighted by Gasteiger charge is 1.92. The van der Waals surface area contributed by atoms with Crippen LogP contribution in [0.3, 0.4) is 0 Å². The molecule has 0 aromatic heterocycles. The molecular formula is C19H28N2S2. The van der Waals surface area contributed by atoms with Crippen molar-refractivity contribution in [2.75, 3.05) is 24.6 Å². The fraction of sp³-hybridized carbons (Fsp3) is 0.368. The molecule has 0 aliphatic carbocycles. The van der Waals surface area contributed by atoms with E-state index in [1.807, 2.05) is 29.6 Å². The fourth-order valence-corrected chi connectivity index (χ4v) is 3.47. The summed E-state index contributed by atoms with van der Waals surface area (Å²) in [6, 6.07) is 19.0. The van der Waals surface area contributed by atoms with Crippen molar-refractivity contribution in [2.45, 2.75) is 29.6 Å². The molecule has 126 valence electrons. The Kier molecular flexibility index (Phi) is 11.8. The van der Waals surface area contributed by atoms with Crippen molar-refractivity contribution in [3.05, 3.63) is 60.2 Å². The van der Waals surface area contributed by atoms with E-state index in [1.165, 1.54) is 15.4 Å². The first-order valence-corrected chi connectivity index (χ1v) is 10.0. The summed E-state index contributed by atoms with van der Waals surface area (Å²) in [5.41, 5.74) is 12.1. The zero-order valence-corrected chi connectivity index (χ0v) is 15.5. The first-order valence-electron chi connectivity index (χ1n) is 8.03. The lowest BCUT2D eigenvalue weighted by molar-refractivity contribution is 0.943. The van der Waals surface area contributed by atoms with Crippen LogP contribution in [0.25, 0.3) is 0 Å². The molecule has 4 heteroatoms. The molecule has 0 amide bonds. The third kappa shape index (κ3) is 10.4. The van der Waals surface area contributed by atoms with Crippen LogP contribution in [0.5, 0.6) is 0 Å². The van der Waals surface area contributed by atoms with Gasteiger partial charge < -0.3 is 11.5 Å². The number of aryl methyl sites for hydroxylation is 1. The van der Waals surface area contributed by atoms with Gasteiger partial charge >= 0.3 is 0 Å². The zero-order valence-electron chi connectivity index (χ0n) is 13.9. The Hall–Kier alpha value is -0.940. The van der Waals surface area contributed by atoms with Gasteiger partial charge in [-0.15, -0.1) is 23.5 Å². The molecule has 23 heavy (non-hydrogen) atoms. The van der Waals surface area contributed by atoms with Gasteiger partial charge in [-0.25, -0.2) is 0 Å². The van der Waals surface area contributed by atoms with Gasteiger partial charge in [-0.2, -0.15) is 0 Å². The van der Waals surface area contributed by atoms with E-state index in [0.29, 0.717) is 0 Å². The van der Waals surface area contributed by atoms with E-state index in [9.17, 15) is 0 Å². The van der Waals surface area contributed by atoms with Crippen LogP contribution in [0.1, 0.15) is 18.4 Å². The van der Waals surface area contributed by atoms with Crippen LogP contribution < -0.4 is 11.5 Å². The summed E-state index contributed by atoms with van der Waals surface area (Å²) in [7, 11) is 0. The summed E-state index contributed by atoms with van der Waals surface area (Å²) in [5.74, 6) is 2.25. The second-order valence-corrected chi connectivity index (χ2v) is 7.44. The molecule has 0 aliphatic heterocycles. The standard InChI is InChI=1S/C10H15NS.C9H13NS/c1-9-3-5-10(6-4-9)12-8-2-7-11;10-7-4-8-11-9-5-2-1-3-6-9/h3-6H,2,7-8,11H2,1H3;1-3,5-6H,4,7-8,10H2. The van der Waals surface area contributed by atoms with Crippen molar-refractivity contribution in [1.29, 1.82) is 0 Å². The largest absolute Gasteiger partial charge is 0.330 e. The number of nitrogens with two attached hydrogens (primary N) is 2. The number of thioether (sulfide) groups is 2. The highest BCUT2D eigenvalue weighted by molar-refractivity contribution is 7.99. The van der Waals surface area contributed by atoms with E-state index in [0.717, 1.165) is 37.4 Å². The Labute approximate surface area is 149 Å². The molecule has 2 aromatic rings. The molecule has 0 radical (unpaired) electrons. The van der Waals surface area contributed by atoms with E-state index >= 15 is 0 Å². The zero-order chi connectivity index (χ0) is 16.8. The average Bonchev–Trinajstić information content (AvgIpc) is 2.59. The van der Waals surface area contributed by atoms with Crippen molar-refractivity contribution < 1.29 is 0 Å². The summed E-state index contributed by atoms with van der Waals surface area (Å²) in [6.07, 6.45) is 2.19. The Morgan fingerprint density at radius 1 is 0.696 bits per heavy atom. The van der Waals surface area contributed by atoms with Gasteiger partial charge in [-0.1, -0.05) is 35.9 Å². The van der Waals surface area contributed by atoms with Crippen LogP contribution in [0.4, 0.5) is 0 Å². The second-order valence-electron chi connectivity index (χ2n) is 5.11. The van der Waals surface area contributed by atoms with Gasteiger partial charge in [0.25, 0.3) is 0 Å². The summed E-state index contributed by atoms with van der Waals surface area (Å²) in [5, 5.41) is 0. The first kappa shape index (κ1) is 20.1. The highest BCUT2D eigenvalue weighted by Crippen LogP contribution is 2.18. The molecular weight excluding hydrogens is 320 g/mol. The Bertz CT molecular complexity index is 501. The van der Waals surface area contributed by atoms with Crippen LogP contribution in [0, 0.1) is 6.92 Å². The number of hydrogen-bond donors (Lipinski definition) is 2. The van der Waals surface area contributed by atoms with Gasteiger partial charge in [-0.05, 0) is 68.6 Å². The normalized spacial score (nSPS) is 10.0. The molecule has 0 spiro atoms. The maximum absolute atomic E-state index is 5.40. The lowest BCUT2D eigenvalue weighted by Crippen LogP contribution is -1.99. The molecule has 0 saturated carbocycles. The third-order valence-corrected chi connectivity index (χ3v) is 5.20. The second kappa shape index (κ2) is 13.5. The number of benzene rings is 2. The predicted octanol–water partition coefficient (Wildman–Crippen LogP) is 4.56. The van der Waals surface area contributed by atoms with Gasteiger partial charge in [0, 0.05) is 9.79 Å². The van der Waals surface area contributed by atoms with E-state index in [2.05, 4.69) is 55.5 Å². The minimum Gasteiger partial charge on any atom is -0.330 e. The van der Waals surface area contributed by atoms with Gasteiger partial charge in [0.05, 0.1) is 0 Å². The summed E-state index contributed by atoms with van der Waals surface area (Å²) in [4.78, 5) is 2.68. The molecule has 2 nitrogen and oxygen atoms in total. The van der Waals surface area contributed by atoms with Crippen molar-refractivity contribution in [3.63, 3.8) is 0 Å². The smallest absolute Gasteiger partial charge is 0.00721 e. The van der Waals surface area contributed by atoms with E-state index < -0.39 is 0 Å². The molecule has 2 rings (SSSR count). The van der Waals surface area contributed by atoms with Crippen LogP contribution in [0.15, 0.2) is 64.4 Å². The maximum Gasteiger partial charge on any atom is 0.00721 e. The molecule has 0 heterocycles. The maximum atomic E-state index is 5.40. The Balaban J connectivity index is 0.000000231. The Morgan fingerprint density at radius 2 is 1.17 bits per heavy atom. The molecule has 0 unspecified atom stereocenters. The van der Waals surface area contributed by atoms with E-state index in [-0.39, 0.29) is 0 Å². The summed E-state index contributed by atoms with van der Waals surface area (Å²) in [6.45, 7) is 3.69. The highest BCUT2D eigenvalue weighted by atomic mass is 32.2. The topological polar surface area (TPSA) is 52.0 Å². The average molecular weight is 349 g/mol. The van der Waals surface area contributed by atoms with Gasteiger partial charge in [-0.3, -0.25) is 0 Å². The molecule has 0 saturated heterocycles. The molecule has 0 aliphatic rings. The predicted molar refractivity (Wildman–Crippen MR) is 106 cm³/mol. The van der Waals surface area contributed by atoms with Crippen molar-refractivity contribution in [2.24, 2.45) is 11.5 Å². The molecule has 0 fully saturated rings. The quantitative estimate of drug-likeness (QED) is 0.542. The summed E-state index contributed by atoms with van der Waals surface area (Å²) < 4.78 is 0.